The number of anilines is 1. The van der Waals surface area contributed by atoms with Crippen LogP contribution in [0.1, 0.15) is 93.8 Å². The Kier molecular flexibility index (Phi) is 17.4. The monoisotopic (exact) mass is 916 g/mol. The fraction of sp³-hybridized carbons (Fsp3) is 0.455. The number of hydrogen-bond donors (Lipinski definition) is 4. The van der Waals surface area contributed by atoms with Crippen molar-refractivity contribution in [2.24, 2.45) is 5.41 Å². The number of aryl methyl sites for hydroxylation is 1. The number of benzene rings is 2. The number of carbonyl (C=O) groups is 4. The summed E-state index contributed by atoms with van der Waals surface area (Å²) in [4.78, 5) is 64.0. The van der Waals surface area contributed by atoms with Crippen molar-refractivity contribution in [2.45, 2.75) is 110 Å². The Labute approximate surface area is 373 Å². The van der Waals surface area contributed by atoms with E-state index in [-0.39, 0.29) is 77.1 Å². The van der Waals surface area contributed by atoms with Gasteiger partial charge in [-0.15, -0.1) is 11.3 Å². The molecule has 5 rings (SSSR count). The number of carbonyl (C=O) groups excluding carboxylic acids is 4. The molecule has 1 aliphatic rings. The molecule has 0 spiro atoms. The van der Waals surface area contributed by atoms with Gasteiger partial charge in [-0.25, -0.2) is 4.98 Å². The summed E-state index contributed by atoms with van der Waals surface area (Å²) >= 11 is 13.8. The molecule has 4 N–H and O–H groups in total. The smallest absolute Gasteiger partial charge is 0.387 e. The van der Waals surface area contributed by atoms with E-state index in [1.165, 1.54) is 35.5 Å². The average molecular weight is 918 g/mol. The average Bonchev–Trinajstić information content (AvgIpc) is 3.84. The third-order valence-corrected chi connectivity index (χ3v) is 11.8. The highest BCUT2D eigenvalue weighted by Gasteiger charge is 2.44. The van der Waals surface area contributed by atoms with Gasteiger partial charge < -0.3 is 35.4 Å². The first-order valence-electron chi connectivity index (χ1n) is 20.4. The maximum atomic E-state index is 14.0. The molecule has 4 amide bonds. The molecule has 334 valence electrons. The molecule has 1 fully saturated rings. The van der Waals surface area contributed by atoms with Crippen molar-refractivity contribution >= 4 is 63.9 Å². The highest BCUT2D eigenvalue weighted by Crippen LogP contribution is 2.33. The minimum atomic E-state index is -3.10. The number of likely N-dealkylation sites (tertiary alicyclic amines) is 1. The number of pyridine rings is 1. The van der Waals surface area contributed by atoms with Gasteiger partial charge in [-0.2, -0.15) is 8.78 Å². The van der Waals surface area contributed by atoms with Crippen molar-refractivity contribution < 1.29 is 42.5 Å². The second-order valence-electron chi connectivity index (χ2n) is 16.1. The number of hydrogen-bond acceptors (Lipinski definition) is 10. The molecule has 0 aliphatic carbocycles. The van der Waals surface area contributed by atoms with E-state index in [1.54, 1.807) is 16.8 Å². The zero-order chi connectivity index (χ0) is 45.0. The largest absolute Gasteiger partial charge is 0.490 e. The predicted octanol–water partition coefficient (Wildman–Crippen LogP) is 8.59. The van der Waals surface area contributed by atoms with E-state index in [9.17, 15) is 33.1 Å². The van der Waals surface area contributed by atoms with Gasteiger partial charge in [0.1, 0.15) is 12.1 Å². The van der Waals surface area contributed by atoms with Crippen LogP contribution in [0, 0.1) is 12.3 Å². The molecule has 4 aromatic rings. The van der Waals surface area contributed by atoms with E-state index in [4.69, 9.17) is 27.9 Å². The van der Waals surface area contributed by atoms with Crippen LogP contribution in [0.3, 0.4) is 0 Å². The first-order valence-corrected chi connectivity index (χ1v) is 22.0. The summed E-state index contributed by atoms with van der Waals surface area (Å²) < 4.78 is 36.5. The quantitative estimate of drug-likeness (QED) is 0.0634. The van der Waals surface area contributed by atoms with E-state index in [0.29, 0.717) is 12.8 Å². The number of aliphatic hydroxyl groups is 1. The number of β-amino-alcohol motifs (C(OH)–C–C–N with tert-alkyl or cyclic N) is 1. The number of alkyl halides is 2. The second kappa shape index (κ2) is 22.5. The van der Waals surface area contributed by atoms with E-state index >= 15 is 0 Å². The molecule has 0 bridgehead atoms. The lowest BCUT2D eigenvalue weighted by Gasteiger charge is -2.35. The molecule has 0 unspecified atom stereocenters. The Morgan fingerprint density at radius 3 is 2.29 bits per heavy atom. The molecular formula is C44H52Cl2F2N6O7S. The molecular weight excluding hydrogens is 865 g/mol. The summed E-state index contributed by atoms with van der Waals surface area (Å²) in [5, 5.41) is 19.2. The molecule has 18 heteroatoms. The van der Waals surface area contributed by atoms with Crippen molar-refractivity contribution in [2.75, 3.05) is 18.5 Å². The zero-order valence-corrected chi connectivity index (χ0v) is 37.3. The summed E-state index contributed by atoms with van der Waals surface area (Å²) in [6.45, 7) is 4.80. The summed E-state index contributed by atoms with van der Waals surface area (Å²) in [5.41, 5.74) is 4.26. The molecule has 3 heterocycles. The lowest BCUT2D eigenvalue weighted by Crippen LogP contribution is -2.57. The Hall–Kier alpha value is -4.90. The third-order valence-electron chi connectivity index (χ3n) is 10.3. The molecule has 3 atom stereocenters. The first kappa shape index (κ1) is 48.1. The van der Waals surface area contributed by atoms with Gasteiger partial charge in [-0.05, 0) is 54.5 Å². The second-order valence-corrected chi connectivity index (χ2v) is 17.8. The van der Waals surface area contributed by atoms with Gasteiger partial charge in [-0.3, -0.25) is 24.2 Å². The first-order chi connectivity index (χ1) is 29.5. The van der Waals surface area contributed by atoms with Crippen LogP contribution in [0.25, 0.3) is 10.4 Å². The van der Waals surface area contributed by atoms with Gasteiger partial charge in [0.05, 0.1) is 44.5 Å². The lowest BCUT2D eigenvalue weighted by molar-refractivity contribution is -0.144. The van der Waals surface area contributed by atoms with Crippen molar-refractivity contribution in [3.05, 3.63) is 87.2 Å². The molecule has 2 aromatic heterocycles. The van der Waals surface area contributed by atoms with E-state index in [2.05, 4.69) is 30.7 Å². The fourth-order valence-corrected chi connectivity index (χ4v) is 8.23. The van der Waals surface area contributed by atoms with Gasteiger partial charge in [0.15, 0.2) is 11.5 Å². The summed E-state index contributed by atoms with van der Waals surface area (Å²) in [6, 6.07) is 9.87. The standard InChI is InChI=1S/C44H52Cl2F2N6O7S/c1-26-38(62-25-51-26)28-14-12-27(13-15-28)21-50-41(58)33-20-30(55)24-54(33)42(59)39(44(2,3)4)52-36(56)11-9-7-5-6-8-10-18-60-35-19-29(16-17-34(35)61-43(47)48)40(57)53-37-31(45)22-49-23-32(37)46/h12-17,19,22-23,25,30,33,39,43,55H,5-11,18,20-21,24H2,1-4H3,(H,50,58)(H,52,56)(H,49,53,57)/t30-,33+,39-/m1/s1. The van der Waals surface area contributed by atoms with Gasteiger partial charge in [0.25, 0.3) is 5.91 Å². The number of nitrogens with zero attached hydrogens (tertiary/aromatic N) is 3. The maximum absolute atomic E-state index is 14.0. The van der Waals surface area contributed by atoms with Crippen LogP contribution in [0.2, 0.25) is 10.0 Å². The van der Waals surface area contributed by atoms with Crippen LogP contribution in [-0.2, 0) is 20.9 Å². The number of aliphatic hydroxyl groups excluding tert-OH is 1. The Morgan fingerprint density at radius 2 is 1.65 bits per heavy atom. The molecule has 0 radical (unpaired) electrons. The van der Waals surface area contributed by atoms with Crippen LogP contribution in [0.4, 0.5) is 14.5 Å². The lowest BCUT2D eigenvalue weighted by atomic mass is 9.85. The predicted molar refractivity (Wildman–Crippen MR) is 235 cm³/mol. The summed E-state index contributed by atoms with van der Waals surface area (Å²) in [6.07, 6.45) is 6.39. The number of nitrogens with one attached hydrogen (secondary N) is 3. The topological polar surface area (TPSA) is 172 Å². The van der Waals surface area contributed by atoms with Gasteiger partial charge in [0.2, 0.25) is 17.7 Å². The number of thiazole rings is 1. The highest BCUT2D eigenvalue weighted by atomic mass is 35.5. The molecule has 0 saturated carbocycles. The number of aromatic nitrogens is 2. The highest BCUT2D eigenvalue weighted by molar-refractivity contribution is 7.13. The Morgan fingerprint density at radius 1 is 0.968 bits per heavy atom. The number of halogens is 4. The SMILES string of the molecule is Cc1ncsc1-c1ccc(CNC(=O)[C@@H]2C[C@@H](O)CN2C(=O)[C@@H](NC(=O)CCCCCCCCOc2cc(C(=O)Nc3c(Cl)cncc3Cl)ccc2OC(F)F)C(C)(C)C)cc1. The fourth-order valence-electron chi connectivity index (χ4n) is 6.96. The van der Waals surface area contributed by atoms with Crippen LogP contribution in [-0.4, -0.2) is 81.6 Å². The number of amides is 4. The molecule has 1 aliphatic heterocycles. The van der Waals surface area contributed by atoms with Crippen LogP contribution in [0.5, 0.6) is 11.5 Å². The number of ether oxygens (including phenoxy) is 2. The van der Waals surface area contributed by atoms with Gasteiger partial charge in [0, 0.05) is 43.9 Å². The van der Waals surface area contributed by atoms with E-state index in [0.717, 1.165) is 47.4 Å². The summed E-state index contributed by atoms with van der Waals surface area (Å²) in [7, 11) is 0. The van der Waals surface area contributed by atoms with Crippen molar-refractivity contribution in [1.82, 2.24) is 25.5 Å². The van der Waals surface area contributed by atoms with Gasteiger partial charge >= 0.3 is 6.61 Å². The molecule has 2 aromatic carbocycles. The number of unbranched alkanes of at least 4 members (excludes halogenated alkanes) is 5. The molecule has 13 nitrogen and oxygen atoms in total. The Bertz CT molecular complexity index is 2150. The summed E-state index contributed by atoms with van der Waals surface area (Å²) in [5.74, 6) is -1.92. The zero-order valence-electron chi connectivity index (χ0n) is 35.0. The number of rotatable bonds is 20. The van der Waals surface area contributed by atoms with Crippen molar-refractivity contribution in [3.63, 3.8) is 0 Å². The molecule has 62 heavy (non-hydrogen) atoms. The Balaban J connectivity index is 1.03. The van der Waals surface area contributed by atoms with Crippen molar-refractivity contribution in [1.29, 1.82) is 0 Å². The van der Waals surface area contributed by atoms with E-state index < -0.39 is 42.0 Å². The van der Waals surface area contributed by atoms with Crippen LogP contribution < -0.4 is 25.4 Å². The van der Waals surface area contributed by atoms with E-state index in [1.807, 2.05) is 52.0 Å². The molecule has 1 saturated heterocycles. The third kappa shape index (κ3) is 13.5. The van der Waals surface area contributed by atoms with Crippen molar-refractivity contribution in [3.8, 4) is 21.9 Å². The normalized spacial score (nSPS) is 15.6. The minimum Gasteiger partial charge on any atom is -0.490 e. The maximum Gasteiger partial charge on any atom is 0.387 e. The van der Waals surface area contributed by atoms with Crippen LogP contribution in [0.15, 0.2) is 60.4 Å². The van der Waals surface area contributed by atoms with Gasteiger partial charge in [-0.1, -0.05) is 93.9 Å². The van der Waals surface area contributed by atoms with Crippen LogP contribution >= 0.6 is 34.5 Å². The minimum absolute atomic E-state index is 0.0140.